The lowest BCUT2D eigenvalue weighted by atomic mass is 9.74. The molecule has 0 spiro atoms. The Hall–Kier alpha value is -1.28. The molecule has 0 bridgehead atoms. The highest BCUT2D eigenvalue weighted by Crippen LogP contribution is 2.42. The van der Waals surface area contributed by atoms with Crippen molar-refractivity contribution in [3.8, 4) is 0 Å². The van der Waals surface area contributed by atoms with Crippen LogP contribution in [0, 0.1) is 12.3 Å². The van der Waals surface area contributed by atoms with Crippen molar-refractivity contribution in [2.24, 2.45) is 11.1 Å². The van der Waals surface area contributed by atoms with Gasteiger partial charge in [0.25, 0.3) is 0 Å². The van der Waals surface area contributed by atoms with Gasteiger partial charge in [0.05, 0.1) is 0 Å². The first-order chi connectivity index (χ1) is 7.98. The van der Waals surface area contributed by atoms with Gasteiger partial charge in [0.1, 0.15) is 0 Å². The third-order valence-corrected chi connectivity index (χ3v) is 3.96. The number of nitrogens with one attached hydrogen (secondary N) is 1. The second-order valence-electron chi connectivity index (χ2n) is 6.17. The minimum atomic E-state index is 0.171. The molecule has 3 N–H and O–H groups in total. The van der Waals surface area contributed by atoms with Crippen molar-refractivity contribution in [2.75, 3.05) is 0 Å². The van der Waals surface area contributed by atoms with Crippen LogP contribution >= 0.6 is 0 Å². The van der Waals surface area contributed by atoms with Gasteiger partial charge in [0.2, 0.25) is 0 Å². The molecule has 0 fully saturated rings. The molecule has 17 heavy (non-hydrogen) atoms. The van der Waals surface area contributed by atoms with E-state index in [1.807, 2.05) is 0 Å². The van der Waals surface area contributed by atoms with Gasteiger partial charge in [-0.2, -0.15) is 0 Å². The fourth-order valence-electron chi connectivity index (χ4n) is 3.25. The molecule has 0 saturated carbocycles. The molecule has 0 amide bonds. The van der Waals surface area contributed by atoms with Gasteiger partial charge in [0.15, 0.2) is 0 Å². The Kier molecular flexibility index (Phi) is 2.14. The van der Waals surface area contributed by atoms with Crippen LogP contribution in [-0.4, -0.2) is 4.98 Å². The van der Waals surface area contributed by atoms with Crippen LogP contribution in [0.15, 0.2) is 18.2 Å². The molecule has 0 radical (unpaired) electrons. The predicted octanol–water partition coefficient (Wildman–Crippen LogP) is 3.45. The molecule has 1 heterocycles. The maximum Gasteiger partial charge on any atom is 0.0489 e. The predicted molar refractivity (Wildman–Crippen MR) is 72.1 cm³/mol. The lowest BCUT2D eigenvalue weighted by molar-refractivity contribution is 0.281. The quantitative estimate of drug-likeness (QED) is 0.712. The molecule has 1 aliphatic rings. The minimum absolute atomic E-state index is 0.171. The summed E-state index contributed by atoms with van der Waals surface area (Å²) in [6.45, 7) is 6.75. The Morgan fingerprint density at radius 2 is 2.12 bits per heavy atom. The number of nitrogens with two attached hydrogens (primary N) is 1. The van der Waals surface area contributed by atoms with E-state index < -0.39 is 0 Å². The zero-order valence-corrected chi connectivity index (χ0v) is 10.8. The summed E-state index contributed by atoms with van der Waals surface area (Å²) in [5.74, 6) is 0. The number of hydrogen-bond acceptors (Lipinski definition) is 1. The third kappa shape index (κ3) is 1.59. The number of aromatic nitrogens is 1. The maximum absolute atomic E-state index is 6.36. The molecule has 1 aliphatic carbocycles. The molecule has 2 nitrogen and oxygen atoms in total. The first-order valence-corrected chi connectivity index (χ1v) is 6.33. The van der Waals surface area contributed by atoms with Crippen molar-refractivity contribution in [1.82, 2.24) is 4.98 Å². The molecule has 1 unspecified atom stereocenters. The number of H-pyrrole nitrogens is 1. The number of rotatable bonds is 0. The van der Waals surface area contributed by atoms with Crippen molar-refractivity contribution in [2.45, 2.75) is 39.7 Å². The topological polar surface area (TPSA) is 41.8 Å². The molecule has 2 aromatic rings. The largest absolute Gasteiger partial charge is 0.358 e. The number of hydrogen-bond donors (Lipinski definition) is 2. The average molecular weight is 228 g/mol. The summed E-state index contributed by atoms with van der Waals surface area (Å²) in [7, 11) is 0. The Labute approximate surface area is 102 Å². The SMILES string of the molecule is Cc1cccc2c3c([nH]c12)CC(C)(C)CC3N. The van der Waals surface area contributed by atoms with Gasteiger partial charge in [-0.3, -0.25) is 0 Å². The summed E-state index contributed by atoms with van der Waals surface area (Å²) in [5, 5.41) is 1.32. The molecule has 1 atom stereocenters. The molecule has 90 valence electrons. The van der Waals surface area contributed by atoms with E-state index in [1.165, 1.54) is 27.7 Å². The fourth-order valence-corrected chi connectivity index (χ4v) is 3.25. The highest BCUT2D eigenvalue weighted by molar-refractivity contribution is 5.88. The molecule has 1 aromatic carbocycles. The van der Waals surface area contributed by atoms with Gasteiger partial charge in [-0.1, -0.05) is 32.0 Å². The lowest BCUT2D eigenvalue weighted by Gasteiger charge is -2.33. The standard InChI is InChI=1S/C15H20N2/c1-9-5-4-6-10-13-11(16)7-15(2,3)8-12(13)17-14(9)10/h4-6,11,17H,7-8,16H2,1-3H3. The van der Waals surface area contributed by atoms with Crippen molar-refractivity contribution < 1.29 is 0 Å². The van der Waals surface area contributed by atoms with E-state index in [2.05, 4.69) is 44.0 Å². The molecular weight excluding hydrogens is 208 g/mol. The second-order valence-corrected chi connectivity index (χ2v) is 6.17. The van der Waals surface area contributed by atoms with Crippen LogP contribution in [0.5, 0.6) is 0 Å². The first-order valence-electron chi connectivity index (χ1n) is 6.33. The number of fused-ring (bicyclic) bond motifs is 3. The third-order valence-electron chi connectivity index (χ3n) is 3.96. The van der Waals surface area contributed by atoms with E-state index in [-0.39, 0.29) is 6.04 Å². The van der Waals surface area contributed by atoms with E-state index in [1.54, 1.807) is 0 Å². The van der Waals surface area contributed by atoms with Crippen LogP contribution in [0.2, 0.25) is 0 Å². The number of para-hydroxylation sites is 1. The molecule has 1 aromatic heterocycles. The molecular formula is C15H20N2. The highest BCUT2D eigenvalue weighted by atomic mass is 14.8. The van der Waals surface area contributed by atoms with E-state index in [0.717, 1.165) is 12.8 Å². The zero-order valence-electron chi connectivity index (χ0n) is 10.8. The van der Waals surface area contributed by atoms with Crippen LogP contribution in [-0.2, 0) is 6.42 Å². The lowest BCUT2D eigenvalue weighted by Crippen LogP contribution is -2.29. The van der Waals surface area contributed by atoms with Gasteiger partial charge < -0.3 is 10.7 Å². The van der Waals surface area contributed by atoms with Crippen LogP contribution in [0.25, 0.3) is 10.9 Å². The molecule has 0 saturated heterocycles. The molecule has 2 heteroatoms. The van der Waals surface area contributed by atoms with Crippen LogP contribution in [0.3, 0.4) is 0 Å². The fraction of sp³-hybridized carbons (Fsp3) is 0.467. The summed E-state index contributed by atoms with van der Waals surface area (Å²) in [6, 6.07) is 6.64. The van der Waals surface area contributed by atoms with Gasteiger partial charge in [0, 0.05) is 22.6 Å². The molecule has 3 rings (SSSR count). The number of aromatic amines is 1. The first kappa shape index (κ1) is 10.8. The van der Waals surface area contributed by atoms with Gasteiger partial charge in [-0.05, 0) is 36.3 Å². The highest BCUT2D eigenvalue weighted by Gasteiger charge is 2.32. The van der Waals surface area contributed by atoms with Crippen LogP contribution < -0.4 is 5.73 Å². The average Bonchev–Trinajstić information content (AvgIpc) is 2.55. The van der Waals surface area contributed by atoms with E-state index in [0.29, 0.717) is 5.41 Å². The monoisotopic (exact) mass is 228 g/mol. The van der Waals surface area contributed by atoms with Crippen molar-refractivity contribution >= 4 is 10.9 Å². The van der Waals surface area contributed by atoms with Gasteiger partial charge in [-0.15, -0.1) is 0 Å². The Morgan fingerprint density at radius 1 is 1.35 bits per heavy atom. The van der Waals surface area contributed by atoms with Crippen molar-refractivity contribution in [1.29, 1.82) is 0 Å². The van der Waals surface area contributed by atoms with Crippen molar-refractivity contribution in [3.05, 3.63) is 35.0 Å². The maximum atomic E-state index is 6.36. The van der Waals surface area contributed by atoms with E-state index in [4.69, 9.17) is 5.73 Å². The van der Waals surface area contributed by atoms with E-state index >= 15 is 0 Å². The summed E-state index contributed by atoms with van der Waals surface area (Å²) in [6.07, 6.45) is 2.17. The smallest absolute Gasteiger partial charge is 0.0489 e. The Bertz CT molecular complexity index is 578. The summed E-state index contributed by atoms with van der Waals surface area (Å²) < 4.78 is 0. The van der Waals surface area contributed by atoms with Gasteiger partial charge >= 0.3 is 0 Å². The zero-order chi connectivity index (χ0) is 12.2. The second kappa shape index (κ2) is 3.36. The number of benzene rings is 1. The van der Waals surface area contributed by atoms with Gasteiger partial charge in [-0.25, -0.2) is 0 Å². The van der Waals surface area contributed by atoms with Crippen LogP contribution in [0.1, 0.15) is 43.1 Å². The van der Waals surface area contributed by atoms with Crippen LogP contribution in [0.4, 0.5) is 0 Å². The number of aryl methyl sites for hydroxylation is 1. The Morgan fingerprint density at radius 3 is 2.88 bits per heavy atom. The van der Waals surface area contributed by atoms with Crippen molar-refractivity contribution in [3.63, 3.8) is 0 Å². The summed E-state index contributed by atoms with van der Waals surface area (Å²) >= 11 is 0. The molecule has 0 aliphatic heterocycles. The normalized spacial score (nSPS) is 22.7. The summed E-state index contributed by atoms with van der Waals surface area (Å²) in [4.78, 5) is 3.59. The van der Waals surface area contributed by atoms with E-state index in [9.17, 15) is 0 Å². The Balaban J connectivity index is 2.28. The minimum Gasteiger partial charge on any atom is -0.358 e. The summed E-state index contributed by atoms with van der Waals surface area (Å²) in [5.41, 5.74) is 11.9.